The van der Waals surface area contributed by atoms with Crippen molar-refractivity contribution in [1.29, 1.82) is 0 Å². The normalized spacial score (nSPS) is 10.3. The fourth-order valence-electron chi connectivity index (χ4n) is 2.13. The molecular weight excluding hydrogens is 248 g/mol. The number of anilines is 4. The van der Waals surface area contributed by atoms with E-state index in [1.165, 1.54) is 5.69 Å². The van der Waals surface area contributed by atoms with E-state index in [1.807, 2.05) is 13.0 Å². The number of benzene rings is 1. The molecule has 0 saturated carbocycles. The molecule has 0 spiro atoms. The summed E-state index contributed by atoms with van der Waals surface area (Å²) >= 11 is 0. The standard InChI is InChI=1S/C16H22N4/c1-4-20(5-2)14-8-6-13(7-9-14)19-16-10-12(3)15(17)11-18-16/h6-11H,4-5,17H2,1-3H3,(H,18,19). The van der Waals surface area contributed by atoms with E-state index in [-0.39, 0.29) is 0 Å². The van der Waals surface area contributed by atoms with Crippen molar-refractivity contribution in [3.8, 4) is 0 Å². The molecule has 2 aromatic rings. The smallest absolute Gasteiger partial charge is 0.130 e. The summed E-state index contributed by atoms with van der Waals surface area (Å²) < 4.78 is 0. The molecule has 0 aliphatic heterocycles. The van der Waals surface area contributed by atoms with Crippen molar-refractivity contribution < 1.29 is 0 Å². The summed E-state index contributed by atoms with van der Waals surface area (Å²) in [5.41, 5.74) is 9.78. The first-order valence-corrected chi connectivity index (χ1v) is 6.98. The van der Waals surface area contributed by atoms with Gasteiger partial charge in [0.25, 0.3) is 0 Å². The van der Waals surface area contributed by atoms with Crippen LogP contribution in [0.3, 0.4) is 0 Å². The van der Waals surface area contributed by atoms with Gasteiger partial charge in [-0.15, -0.1) is 0 Å². The highest BCUT2D eigenvalue weighted by atomic mass is 15.1. The van der Waals surface area contributed by atoms with Gasteiger partial charge >= 0.3 is 0 Å². The second kappa shape index (κ2) is 6.28. The first-order valence-electron chi connectivity index (χ1n) is 6.98. The van der Waals surface area contributed by atoms with Crippen LogP contribution in [0.5, 0.6) is 0 Å². The van der Waals surface area contributed by atoms with Gasteiger partial charge in [-0.1, -0.05) is 0 Å². The molecule has 0 saturated heterocycles. The molecule has 1 aromatic carbocycles. The van der Waals surface area contributed by atoms with E-state index in [0.717, 1.165) is 30.2 Å². The minimum atomic E-state index is 0.715. The van der Waals surface area contributed by atoms with Crippen LogP contribution in [-0.4, -0.2) is 18.1 Å². The van der Waals surface area contributed by atoms with E-state index in [0.29, 0.717) is 5.69 Å². The second-order valence-electron chi connectivity index (χ2n) is 4.77. The third-order valence-electron chi connectivity index (χ3n) is 3.42. The van der Waals surface area contributed by atoms with Gasteiger partial charge in [0.05, 0.1) is 11.9 Å². The lowest BCUT2D eigenvalue weighted by Gasteiger charge is -2.21. The predicted molar refractivity (Wildman–Crippen MR) is 86.7 cm³/mol. The van der Waals surface area contributed by atoms with Gasteiger partial charge < -0.3 is 16.0 Å². The number of nitrogens with one attached hydrogen (secondary N) is 1. The number of hydrogen-bond acceptors (Lipinski definition) is 4. The quantitative estimate of drug-likeness (QED) is 0.872. The maximum atomic E-state index is 5.77. The van der Waals surface area contributed by atoms with Gasteiger partial charge in [-0.05, 0) is 56.7 Å². The SMILES string of the molecule is CCN(CC)c1ccc(Nc2cc(C)c(N)cn2)cc1. The Morgan fingerprint density at radius 1 is 1.15 bits per heavy atom. The van der Waals surface area contributed by atoms with E-state index in [2.05, 4.69) is 53.3 Å². The molecule has 20 heavy (non-hydrogen) atoms. The molecule has 3 N–H and O–H groups in total. The van der Waals surface area contributed by atoms with Gasteiger partial charge in [0.15, 0.2) is 0 Å². The maximum absolute atomic E-state index is 5.77. The Morgan fingerprint density at radius 2 is 1.80 bits per heavy atom. The van der Waals surface area contributed by atoms with Crippen molar-refractivity contribution >= 4 is 22.9 Å². The third kappa shape index (κ3) is 3.20. The first kappa shape index (κ1) is 14.2. The van der Waals surface area contributed by atoms with E-state index in [1.54, 1.807) is 6.20 Å². The average Bonchev–Trinajstić information content (AvgIpc) is 2.46. The molecule has 1 heterocycles. The Balaban J connectivity index is 2.12. The third-order valence-corrected chi connectivity index (χ3v) is 3.42. The van der Waals surface area contributed by atoms with Crippen LogP contribution in [0.4, 0.5) is 22.9 Å². The molecule has 106 valence electrons. The second-order valence-corrected chi connectivity index (χ2v) is 4.77. The fraction of sp³-hybridized carbons (Fsp3) is 0.312. The number of rotatable bonds is 5. The zero-order valence-electron chi connectivity index (χ0n) is 12.4. The van der Waals surface area contributed by atoms with Crippen LogP contribution in [0.15, 0.2) is 36.5 Å². The molecule has 0 aliphatic rings. The van der Waals surface area contributed by atoms with Crippen LogP contribution in [0.1, 0.15) is 19.4 Å². The fourth-order valence-corrected chi connectivity index (χ4v) is 2.13. The zero-order valence-corrected chi connectivity index (χ0v) is 12.4. The maximum Gasteiger partial charge on any atom is 0.130 e. The molecule has 0 aliphatic carbocycles. The molecule has 2 rings (SSSR count). The molecule has 0 bridgehead atoms. The van der Waals surface area contributed by atoms with Gasteiger partial charge in [-0.25, -0.2) is 4.98 Å². The topological polar surface area (TPSA) is 54.2 Å². The number of aromatic nitrogens is 1. The lowest BCUT2D eigenvalue weighted by atomic mass is 10.2. The van der Waals surface area contributed by atoms with E-state index in [4.69, 9.17) is 5.73 Å². The highest BCUT2D eigenvalue weighted by molar-refractivity contribution is 5.62. The Morgan fingerprint density at radius 3 is 2.35 bits per heavy atom. The summed E-state index contributed by atoms with van der Waals surface area (Å²) in [6.45, 7) is 8.34. The van der Waals surface area contributed by atoms with Crippen molar-refractivity contribution in [2.45, 2.75) is 20.8 Å². The molecule has 4 heteroatoms. The van der Waals surface area contributed by atoms with Crippen LogP contribution in [0.25, 0.3) is 0 Å². The van der Waals surface area contributed by atoms with Gasteiger partial charge in [-0.3, -0.25) is 0 Å². The number of nitrogens with two attached hydrogens (primary N) is 1. The summed E-state index contributed by atoms with van der Waals surface area (Å²) in [7, 11) is 0. The van der Waals surface area contributed by atoms with Crippen LogP contribution in [-0.2, 0) is 0 Å². The minimum absolute atomic E-state index is 0.715. The summed E-state index contributed by atoms with van der Waals surface area (Å²) in [6.07, 6.45) is 1.68. The molecular formula is C16H22N4. The Bertz CT molecular complexity index is 559. The van der Waals surface area contributed by atoms with E-state index < -0.39 is 0 Å². The Labute approximate surface area is 120 Å². The van der Waals surface area contributed by atoms with Gasteiger partial charge in [-0.2, -0.15) is 0 Å². The number of aryl methyl sites for hydroxylation is 1. The summed E-state index contributed by atoms with van der Waals surface area (Å²) in [5, 5.41) is 3.29. The molecule has 0 fully saturated rings. The van der Waals surface area contributed by atoms with Crippen LogP contribution in [0, 0.1) is 6.92 Å². The lowest BCUT2D eigenvalue weighted by molar-refractivity contribution is 0.866. The van der Waals surface area contributed by atoms with Crippen LogP contribution >= 0.6 is 0 Å². The van der Waals surface area contributed by atoms with Gasteiger partial charge in [0.2, 0.25) is 0 Å². The summed E-state index contributed by atoms with van der Waals surface area (Å²) in [5.74, 6) is 0.812. The summed E-state index contributed by atoms with van der Waals surface area (Å²) in [6, 6.07) is 10.3. The molecule has 0 unspecified atom stereocenters. The number of nitrogen functional groups attached to an aromatic ring is 1. The number of hydrogen-bond donors (Lipinski definition) is 2. The van der Waals surface area contributed by atoms with Crippen LogP contribution in [0.2, 0.25) is 0 Å². The predicted octanol–water partition coefficient (Wildman–Crippen LogP) is 3.56. The van der Waals surface area contributed by atoms with E-state index in [9.17, 15) is 0 Å². The van der Waals surface area contributed by atoms with Crippen molar-refractivity contribution in [3.63, 3.8) is 0 Å². The molecule has 0 atom stereocenters. The number of pyridine rings is 1. The largest absolute Gasteiger partial charge is 0.397 e. The van der Waals surface area contributed by atoms with Crippen molar-refractivity contribution in [2.24, 2.45) is 0 Å². The average molecular weight is 270 g/mol. The van der Waals surface area contributed by atoms with Gasteiger partial charge in [0, 0.05) is 24.5 Å². The molecule has 0 amide bonds. The highest BCUT2D eigenvalue weighted by Crippen LogP contribution is 2.21. The monoisotopic (exact) mass is 270 g/mol. The number of nitrogens with zero attached hydrogens (tertiary/aromatic N) is 2. The highest BCUT2D eigenvalue weighted by Gasteiger charge is 2.02. The molecule has 4 nitrogen and oxygen atoms in total. The Hall–Kier alpha value is -2.23. The Kier molecular flexibility index (Phi) is 4.45. The summed E-state index contributed by atoms with van der Waals surface area (Å²) in [4.78, 5) is 6.59. The minimum Gasteiger partial charge on any atom is -0.397 e. The zero-order chi connectivity index (χ0) is 14.5. The molecule has 1 aromatic heterocycles. The van der Waals surface area contributed by atoms with Crippen molar-refractivity contribution in [1.82, 2.24) is 4.98 Å². The van der Waals surface area contributed by atoms with Gasteiger partial charge in [0.1, 0.15) is 5.82 Å². The first-order chi connectivity index (χ1) is 9.63. The van der Waals surface area contributed by atoms with Crippen LogP contribution < -0.4 is 16.0 Å². The van der Waals surface area contributed by atoms with E-state index >= 15 is 0 Å². The molecule has 0 radical (unpaired) electrons. The van der Waals surface area contributed by atoms with Crippen molar-refractivity contribution in [2.75, 3.05) is 29.0 Å². The lowest BCUT2D eigenvalue weighted by Crippen LogP contribution is -2.21. The van der Waals surface area contributed by atoms with Crippen molar-refractivity contribution in [3.05, 3.63) is 42.1 Å².